The van der Waals surface area contributed by atoms with Gasteiger partial charge in [0.2, 0.25) is 0 Å². The second-order valence-corrected chi connectivity index (χ2v) is 4.56. The number of hydrogen-bond donors (Lipinski definition) is 1. The van der Waals surface area contributed by atoms with Gasteiger partial charge in [0.15, 0.2) is 0 Å². The van der Waals surface area contributed by atoms with E-state index in [1.807, 2.05) is 6.92 Å². The Labute approximate surface area is 119 Å². The zero-order chi connectivity index (χ0) is 14.8. The average molecular weight is 304 g/mol. The van der Waals surface area contributed by atoms with Crippen LogP contribution in [0.15, 0.2) is 30.5 Å². The highest BCUT2D eigenvalue weighted by atomic mass is 35.5. The fraction of sp³-hybridized carbons (Fsp3) is 0.308. The second kappa shape index (κ2) is 5.75. The number of rotatable bonds is 4. The molecule has 7 heteroatoms. The summed E-state index contributed by atoms with van der Waals surface area (Å²) in [5.74, 6) is 0. The molecule has 0 bridgehead atoms. The Morgan fingerprint density at radius 2 is 2.05 bits per heavy atom. The van der Waals surface area contributed by atoms with Gasteiger partial charge in [0.1, 0.15) is 0 Å². The molecular weight excluding hydrogens is 291 g/mol. The first-order chi connectivity index (χ1) is 9.43. The first-order valence-corrected chi connectivity index (χ1v) is 6.41. The Kier molecular flexibility index (Phi) is 4.23. The van der Waals surface area contributed by atoms with Crippen molar-refractivity contribution in [1.82, 2.24) is 9.78 Å². The van der Waals surface area contributed by atoms with E-state index < -0.39 is 11.7 Å². The smallest absolute Gasteiger partial charge is 0.378 e. The van der Waals surface area contributed by atoms with Crippen molar-refractivity contribution >= 4 is 17.3 Å². The first-order valence-electron chi connectivity index (χ1n) is 6.03. The monoisotopic (exact) mass is 303 g/mol. The summed E-state index contributed by atoms with van der Waals surface area (Å²) < 4.78 is 40.5. The number of aryl methyl sites for hydroxylation is 1. The fourth-order valence-electron chi connectivity index (χ4n) is 1.91. The maximum Gasteiger partial charge on any atom is 0.418 e. The SMILES string of the molecule is CCn1nccc1CNc1c(Cl)cccc1C(F)(F)F. The lowest BCUT2D eigenvalue weighted by Gasteiger charge is -2.16. The van der Waals surface area contributed by atoms with Gasteiger partial charge in [0.05, 0.1) is 28.5 Å². The lowest BCUT2D eigenvalue weighted by molar-refractivity contribution is -0.136. The molecule has 0 saturated carbocycles. The van der Waals surface area contributed by atoms with Gasteiger partial charge in [-0.2, -0.15) is 18.3 Å². The molecule has 0 aliphatic rings. The van der Waals surface area contributed by atoms with Crippen molar-refractivity contribution in [2.75, 3.05) is 5.32 Å². The Balaban J connectivity index is 2.25. The van der Waals surface area contributed by atoms with Crippen molar-refractivity contribution < 1.29 is 13.2 Å². The third-order valence-corrected chi connectivity index (χ3v) is 3.18. The van der Waals surface area contributed by atoms with Gasteiger partial charge < -0.3 is 5.32 Å². The maximum absolute atomic E-state index is 12.9. The van der Waals surface area contributed by atoms with Crippen molar-refractivity contribution in [2.24, 2.45) is 0 Å². The number of aromatic nitrogens is 2. The lowest BCUT2D eigenvalue weighted by Crippen LogP contribution is -2.13. The summed E-state index contributed by atoms with van der Waals surface area (Å²) in [5, 5.41) is 6.86. The molecule has 2 rings (SSSR count). The van der Waals surface area contributed by atoms with Crippen molar-refractivity contribution in [3.05, 3.63) is 46.7 Å². The zero-order valence-corrected chi connectivity index (χ0v) is 11.5. The van der Waals surface area contributed by atoms with Crippen LogP contribution in [0.5, 0.6) is 0 Å². The van der Waals surface area contributed by atoms with E-state index in [0.717, 1.165) is 11.8 Å². The number of nitrogens with zero attached hydrogens (tertiary/aromatic N) is 2. The van der Waals surface area contributed by atoms with Crippen LogP contribution in [0.25, 0.3) is 0 Å². The molecule has 1 aromatic carbocycles. The predicted molar refractivity (Wildman–Crippen MR) is 71.7 cm³/mol. The largest absolute Gasteiger partial charge is 0.418 e. The molecule has 1 heterocycles. The van der Waals surface area contributed by atoms with Crippen LogP contribution in [0.1, 0.15) is 18.2 Å². The molecule has 0 spiro atoms. The Bertz CT molecular complexity index is 593. The molecule has 3 nitrogen and oxygen atoms in total. The van der Waals surface area contributed by atoms with E-state index in [-0.39, 0.29) is 17.3 Å². The molecule has 0 radical (unpaired) electrons. The highest BCUT2D eigenvalue weighted by Gasteiger charge is 2.34. The van der Waals surface area contributed by atoms with E-state index >= 15 is 0 Å². The molecule has 0 aliphatic heterocycles. The molecule has 0 aliphatic carbocycles. The van der Waals surface area contributed by atoms with E-state index in [9.17, 15) is 13.2 Å². The highest BCUT2D eigenvalue weighted by molar-refractivity contribution is 6.33. The molecular formula is C13H13ClF3N3. The van der Waals surface area contributed by atoms with Crippen LogP contribution in [0.4, 0.5) is 18.9 Å². The van der Waals surface area contributed by atoms with Crippen LogP contribution in [-0.2, 0) is 19.3 Å². The van der Waals surface area contributed by atoms with Gasteiger partial charge in [-0.3, -0.25) is 4.68 Å². The predicted octanol–water partition coefficient (Wildman–Crippen LogP) is 4.19. The van der Waals surface area contributed by atoms with Crippen molar-refractivity contribution in [2.45, 2.75) is 26.2 Å². The number of alkyl halides is 3. The van der Waals surface area contributed by atoms with Gasteiger partial charge in [0, 0.05) is 12.7 Å². The summed E-state index contributed by atoms with van der Waals surface area (Å²) in [6, 6.07) is 5.47. The van der Waals surface area contributed by atoms with Crippen molar-refractivity contribution in [3.63, 3.8) is 0 Å². The molecule has 0 fully saturated rings. The minimum Gasteiger partial charge on any atom is -0.378 e. The lowest BCUT2D eigenvalue weighted by atomic mass is 10.1. The second-order valence-electron chi connectivity index (χ2n) is 4.15. The molecule has 0 atom stereocenters. The molecule has 1 N–H and O–H groups in total. The Hall–Kier alpha value is -1.69. The molecule has 108 valence electrons. The van der Waals surface area contributed by atoms with Gasteiger partial charge in [-0.15, -0.1) is 0 Å². The molecule has 1 aromatic heterocycles. The van der Waals surface area contributed by atoms with Gasteiger partial charge in [-0.1, -0.05) is 17.7 Å². The van der Waals surface area contributed by atoms with Gasteiger partial charge >= 0.3 is 6.18 Å². The number of benzene rings is 1. The summed E-state index contributed by atoms with van der Waals surface area (Å²) in [5.41, 5.74) is -0.0846. The van der Waals surface area contributed by atoms with Crippen LogP contribution < -0.4 is 5.32 Å². The number of nitrogens with one attached hydrogen (secondary N) is 1. The molecule has 0 amide bonds. The molecule has 2 aromatic rings. The van der Waals surface area contributed by atoms with Gasteiger partial charge in [-0.25, -0.2) is 0 Å². The van der Waals surface area contributed by atoms with Crippen LogP contribution >= 0.6 is 11.6 Å². The summed E-state index contributed by atoms with van der Waals surface area (Å²) in [6.45, 7) is 2.78. The van der Waals surface area contributed by atoms with Crippen LogP contribution in [0, 0.1) is 0 Å². The number of anilines is 1. The van der Waals surface area contributed by atoms with Crippen LogP contribution in [0.3, 0.4) is 0 Å². The van der Waals surface area contributed by atoms with Gasteiger partial charge in [-0.05, 0) is 25.1 Å². The molecule has 20 heavy (non-hydrogen) atoms. The minimum absolute atomic E-state index is 0.0439. The number of halogens is 4. The number of hydrogen-bond acceptors (Lipinski definition) is 2. The highest BCUT2D eigenvalue weighted by Crippen LogP contribution is 2.38. The Morgan fingerprint density at radius 1 is 1.30 bits per heavy atom. The van der Waals surface area contributed by atoms with E-state index in [4.69, 9.17) is 11.6 Å². The van der Waals surface area contributed by atoms with Crippen LogP contribution in [0.2, 0.25) is 5.02 Å². The average Bonchev–Trinajstić information content (AvgIpc) is 2.83. The van der Waals surface area contributed by atoms with Crippen LogP contribution in [-0.4, -0.2) is 9.78 Å². The van der Waals surface area contributed by atoms with E-state index in [1.165, 1.54) is 12.1 Å². The number of para-hydroxylation sites is 1. The summed E-state index contributed by atoms with van der Waals surface area (Å²) in [6.07, 6.45) is -2.84. The van der Waals surface area contributed by atoms with E-state index in [0.29, 0.717) is 6.54 Å². The molecule has 0 unspecified atom stereocenters. The summed E-state index contributed by atoms with van der Waals surface area (Å²) in [7, 11) is 0. The normalized spacial score (nSPS) is 11.7. The summed E-state index contributed by atoms with van der Waals surface area (Å²) >= 11 is 5.86. The Morgan fingerprint density at radius 3 is 2.70 bits per heavy atom. The van der Waals surface area contributed by atoms with Crippen molar-refractivity contribution in [3.8, 4) is 0 Å². The quantitative estimate of drug-likeness (QED) is 0.918. The molecule has 0 saturated heterocycles. The minimum atomic E-state index is -4.45. The van der Waals surface area contributed by atoms with E-state index in [2.05, 4.69) is 10.4 Å². The zero-order valence-electron chi connectivity index (χ0n) is 10.7. The third-order valence-electron chi connectivity index (χ3n) is 2.87. The third kappa shape index (κ3) is 3.07. The first kappa shape index (κ1) is 14.7. The van der Waals surface area contributed by atoms with Crippen molar-refractivity contribution in [1.29, 1.82) is 0 Å². The van der Waals surface area contributed by atoms with E-state index in [1.54, 1.807) is 16.9 Å². The standard InChI is InChI=1S/C13H13ClF3N3/c1-2-20-9(6-7-19-20)8-18-12-10(13(15,16)17)4-3-5-11(12)14/h3-7,18H,2,8H2,1H3. The van der Waals surface area contributed by atoms with Gasteiger partial charge in [0.25, 0.3) is 0 Å². The summed E-state index contributed by atoms with van der Waals surface area (Å²) in [4.78, 5) is 0. The maximum atomic E-state index is 12.9. The fourth-order valence-corrected chi connectivity index (χ4v) is 2.16. The topological polar surface area (TPSA) is 29.9 Å².